The minimum atomic E-state index is -1.04. The number of likely N-dealkylation sites (tertiary alicyclic amines) is 2. The van der Waals surface area contributed by atoms with E-state index in [2.05, 4.69) is 0 Å². The van der Waals surface area contributed by atoms with Crippen molar-refractivity contribution in [3.05, 3.63) is 0 Å². The minimum Gasteiger partial charge on any atom is -0.480 e. The van der Waals surface area contributed by atoms with Crippen molar-refractivity contribution < 1.29 is 19.8 Å². The number of carboxylic acids is 1. The van der Waals surface area contributed by atoms with Crippen molar-refractivity contribution in [1.29, 1.82) is 0 Å². The molecule has 2 N–H and O–H groups in total. The van der Waals surface area contributed by atoms with E-state index in [1.807, 2.05) is 13.8 Å². The number of aliphatic hydroxyl groups is 1. The molecular formula is C13H22N2O4. The molecule has 2 amide bonds. The van der Waals surface area contributed by atoms with Gasteiger partial charge >= 0.3 is 12.0 Å². The van der Waals surface area contributed by atoms with Crippen molar-refractivity contribution in [2.24, 2.45) is 0 Å². The van der Waals surface area contributed by atoms with Crippen LogP contribution in [0.4, 0.5) is 4.79 Å². The molecule has 19 heavy (non-hydrogen) atoms. The molecule has 2 rings (SSSR count). The van der Waals surface area contributed by atoms with Gasteiger partial charge in [0, 0.05) is 25.0 Å². The number of nitrogens with zero attached hydrogens (tertiary/aromatic N) is 2. The van der Waals surface area contributed by atoms with E-state index in [9.17, 15) is 14.7 Å². The Balaban J connectivity index is 2.16. The summed E-state index contributed by atoms with van der Waals surface area (Å²) in [6.45, 7) is 4.15. The zero-order chi connectivity index (χ0) is 14.2. The van der Waals surface area contributed by atoms with E-state index in [-0.39, 0.29) is 31.1 Å². The Morgan fingerprint density at radius 3 is 2.58 bits per heavy atom. The fourth-order valence-corrected chi connectivity index (χ4v) is 3.22. The highest BCUT2D eigenvalue weighted by Gasteiger charge is 2.44. The summed E-state index contributed by atoms with van der Waals surface area (Å²) >= 11 is 0. The van der Waals surface area contributed by atoms with Gasteiger partial charge in [0.05, 0.1) is 6.10 Å². The number of hydrogen-bond donors (Lipinski definition) is 2. The summed E-state index contributed by atoms with van der Waals surface area (Å²) in [6, 6.07) is -0.798. The maximum absolute atomic E-state index is 12.6. The van der Waals surface area contributed by atoms with Crippen molar-refractivity contribution in [1.82, 2.24) is 9.80 Å². The van der Waals surface area contributed by atoms with Crippen LogP contribution in [-0.2, 0) is 4.79 Å². The smallest absolute Gasteiger partial charge is 0.326 e. The quantitative estimate of drug-likeness (QED) is 0.781. The zero-order valence-corrected chi connectivity index (χ0v) is 11.5. The van der Waals surface area contributed by atoms with Crippen LogP contribution in [0.15, 0.2) is 0 Å². The van der Waals surface area contributed by atoms with E-state index in [0.717, 1.165) is 19.3 Å². The molecule has 6 nitrogen and oxygen atoms in total. The molecule has 2 saturated heterocycles. The van der Waals surface area contributed by atoms with E-state index in [1.54, 1.807) is 4.90 Å². The molecule has 3 unspecified atom stereocenters. The first-order valence-corrected chi connectivity index (χ1v) is 6.95. The molecule has 0 aromatic rings. The molecule has 0 aliphatic carbocycles. The van der Waals surface area contributed by atoms with Gasteiger partial charge in [-0.3, -0.25) is 0 Å². The Morgan fingerprint density at radius 1 is 1.32 bits per heavy atom. The Kier molecular flexibility index (Phi) is 3.99. The number of carbonyl (C=O) groups is 2. The van der Waals surface area contributed by atoms with Crippen molar-refractivity contribution >= 4 is 12.0 Å². The van der Waals surface area contributed by atoms with Gasteiger partial charge in [-0.05, 0) is 26.2 Å². The summed E-state index contributed by atoms with van der Waals surface area (Å²) in [5.74, 6) is -1.04. The first-order valence-electron chi connectivity index (χ1n) is 6.95. The van der Waals surface area contributed by atoms with Crippen LogP contribution in [0.1, 0.15) is 39.5 Å². The molecule has 0 radical (unpaired) electrons. The number of urea groups is 1. The van der Waals surface area contributed by atoms with Crippen LogP contribution in [0, 0.1) is 0 Å². The van der Waals surface area contributed by atoms with Gasteiger partial charge in [0.15, 0.2) is 0 Å². The van der Waals surface area contributed by atoms with Crippen LogP contribution >= 0.6 is 0 Å². The molecule has 0 aromatic carbocycles. The number of amides is 2. The summed E-state index contributed by atoms with van der Waals surface area (Å²) in [5.41, 5.74) is 0. The third-order valence-corrected chi connectivity index (χ3v) is 4.29. The monoisotopic (exact) mass is 270 g/mol. The second kappa shape index (κ2) is 5.36. The van der Waals surface area contributed by atoms with Crippen molar-refractivity contribution in [3.8, 4) is 0 Å². The van der Waals surface area contributed by atoms with Gasteiger partial charge in [-0.2, -0.15) is 0 Å². The topological polar surface area (TPSA) is 81.1 Å². The van der Waals surface area contributed by atoms with Gasteiger partial charge in [0.2, 0.25) is 0 Å². The third kappa shape index (κ3) is 2.54. The van der Waals surface area contributed by atoms with Gasteiger partial charge in [-0.1, -0.05) is 6.92 Å². The number of carbonyl (C=O) groups excluding carboxylic acids is 1. The number of β-amino-alcohol motifs (C(OH)–C–C–N with tert-alkyl or cyclic N) is 1. The maximum Gasteiger partial charge on any atom is 0.326 e. The Hall–Kier alpha value is -1.30. The highest BCUT2D eigenvalue weighted by molar-refractivity contribution is 5.84. The van der Waals surface area contributed by atoms with E-state index in [1.165, 1.54) is 4.90 Å². The maximum atomic E-state index is 12.6. The molecular weight excluding hydrogens is 248 g/mol. The van der Waals surface area contributed by atoms with E-state index >= 15 is 0 Å². The highest BCUT2D eigenvalue weighted by Crippen LogP contribution is 2.29. The Labute approximate surface area is 113 Å². The highest BCUT2D eigenvalue weighted by atomic mass is 16.4. The molecule has 0 spiro atoms. The summed E-state index contributed by atoms with van der Waals surface area (Å²) in [6.07, 6.45) is 2.20. The van der Waals surface area contributed by atoms with Crippen LogP contribution in [-0.4, -0.2) is 62.8 Å². The van der Waals surface area contributed by atoms with Gasteiger partial charge < -0.3 is 20.0 Å². The van der Waals surface area contributed by atoms with Crippen LogP contribution in [0.25, 0.3) is 0 Å². The molecule has 2 fully saturated rings. The summed E-state index contributed by atoms with van der Waals surface area (Å²) < 4.78 is 0. The first-order chi connectivity index (χ1) is 8.95. The molecule has 0 bridgehead atoms. The van der Waals surface area contributed by atoms with Crippen LogP contribution < -0.4 is 0 Å². The number of aliphatic hydroxyl groups excluding tert-OH is 1. The standard InChI is InChI=1S/C13H22N2O4/c1-3-9-5-4-8(2)15(9)13(19)14-7-10(16)6-11(14)12(17)18/h8-11,16H,3-7H2,1-2H3,(H,17,18)/t8?,9?,10?,11-/m0/s1. The van der Waals surface area contributed by atoms with Gasteiger partial charge in [-0.15, -0.1) is 0 Å². The van der Waals surface area contributed by atoms with Crippen molar-refractivity contribution in [2.45, 2.75) is 63.8 Å². The second-order valence-corrected chi connectivity index (χ2v) is 5.57. The normalized spacial score (nSPS) is 34.9. The van der Waals surface area contributed by atoms with E-state index < -0.39 is 18.1 Å². The SMILES string of the molecule is CCC1CCC(C)N1C(=O)N1CC(O)C[C@H]1C(=O)O. The predicted octanol–water partition coefficient (Wildman–Crippen LogP) is 0.889. The lowest BCUT2D eigenvalue weighted by atomic mass is 10.1. The second-order valence-electron chi connectivity index (χ2n) is 5.57. The van der Waals surface area contributed by atoms with Crippen LogP contribution in [0.2, 0.25) is 0 Å². The fourth-order valence-electron chi connectivity index (χ4n) is 3.22. The van der Waals surface area contributed by atoms with E-state index in [0.29, 0.717) is 0 Å². The minimum absolute atomic E-state index is 0.120. The molecule has 6 heteroatoms. The Bertz CT molecular complexity index is 374. The first kappa shape index (κ1) is 14.1. The van der Waals surface area contributed by atoms with Crippen LogP contribution in [0.5, 0.6) is 0 Å². The molecule has 2 aliphatic rings. The average molecular weight is 270 g/mol. The average Bonchev–Trinajstić information content (AvgIpc) is 2.91. The van der Waals surface area contributed by atoms with Crippen molar-refractivity contribution in [2.75, 3.05) is 6.54 Å². The summed E-state index contributed by atoms with van der Waals surface area (Å²) in [7, 11) is 0. The largest absolute Gasteiger partial charge is 0.480 e. The van der Waals surface area contributed by atoms with Crippen molar-refractivity contribution in [3.63, 3.8) is 0 Å². The lowest BCUT2D eigenvalue weighted by Crippen LogP contribution is -2.51. The Morgan fingerprint density at radius 2 is 2.00 bits per heavy atom. The summed E-state index contributed by atoms with van der Waals surface area (Å²) in [4.78, 5) is 26.9. The van der Waals surface area contributed by atoms with Gasteiger partial charge in [0.25, 0.3) is 0 Å². The van der Waals surface area contributed by atoms with E-state index in [4.69, 9.17) is 5.11 Å². The lowest BCUT2D eigenvalue weighted by Gasteiger charge is -2.33. The summed E-state index contributed by atoms with van der Waals surface area (Å²) in [5, 5.41) is 18.8. The number of carboxylic acid groups (broad SMARTS) is 1. The molecule has 2 aliphatic heterocycles. The fraction of sp³-hybridized carbons (Fsp3) is 0.846. The number of rotatable bonds is 2. The molecule has 0 aromatic heterocycles. The molecule has 4 atom stereocenters. The molecule has 0 saturated carbocycles. The zero-order valence-electron chi connectivity index (χ0n) is 11.5. The third-order valence-electron chi connectivity index (χ3n) is 4.29. The molecule has 2 heterocycles. The van der Waals surface area contributed by atoms with Gasteiger partial charge in [-0.25, -0.2) is 9.59 Å². The lowest BCUT2D eigenvalue weighted by molar-refractivity contribution is -0.141. The predicted molar refractivity (Wildman–Crippen MR) is 68.8 cm³/mol. The van der Waals surface area contributed by atoms with Crippen LogP contribution in [0.3, 0.4) is 0 Å². The van der Waals surface area contributed by atoms with Gasteiger partial charge in [0.1, 0.15) is 6.04 Å². The molecule has 108 valence electrons. The number of hydrogen-bond acceptors (Lipinski definition) is 3. The number of aliphatic carboxylic acids is 1.